The molecule has 148 valence electrons. The molecular weight excluding hydrogens is 385 g/mol. The van der Waals surface area contributed by atoms with Crippen molar-refractivity contribution in [3.05, 3.63) is 52.2 Å². The van der Waals surface area contributed by atoms with Crippen LogP contribution in [0.25, 0.3) is 0 Å². The first-order chi connectivity index (χ1) is 13.5. The highest BCUT2D eigenvalue weighted by molar-refractivity contribution is 7.15. The highest BCUT2D eigenvalue weighted by atomic mass is 32.1. The number of hydrogen-bond acceptors (Lipinski definition) is 6. The van der Waals surface area contributed by atoms with E-state index in [4.69, 9.17) is 9.47 Å². The fraction of sp³-hybridized carbons (Fsp3) is 0.350. The number of thiophene rings is 1. The monoisotopic (exact) mass is 405 g/mol. The average Bonchev–Trinajstić information content (AvgIpc) is 3.41. The van der Waals surface area contributed by atoms with E-state index in [-0.39, 0.29) is 13.0 Å². The Morgan fingerprint density at radius 3 is 2.71 bits per heavy atom. The molecule has 1 heterocycles. The van der Waals surface area contributed by atoms with Gasteiger partial charge in [-0.05, 0) is 54.3 Å². The Hall–Kier alpha value is -2.74. The third-order valence-electron chi connectivity index (χ3n) is 4.17. The van der Waals surface area contributed by atoms with Crippen molar-refractivity contribution in [3.63, 3.8) is 0 Å². The van der Waals surface area contributed by atoms with Gasteiger partial charge in [-0.25, -0.2) is 9.18 Å². The lowest BCUT2D eigenvalue weighted by Gasteiger charge is -2.09. The van der Waals surface area contributed by atoms with Crippen molar-refractivity contribution in [2.75, 3.05) is 18.5 Å². The van der Waals surface area contributed by atoms with Crippen LogP contribution in [0.4, 0.5) is 9.39 Å². The van der Waals surface area contributed by atoms with Crippen LogP contribution < -0.4 is 5.32 Å². The first kappa shape index (κ1) is 20.0. The van der Waals surface area contributed by atoms with Crippen molar-refractivity contribution in [2.45, 2.75) is 32.1 Å². The van der Waals surface area contributed by atoms with E-state index >= 15 is 0 Å². The zero-order chi connectivity index (χ0) is 20.1. The molecule has 2 aromatic rings. The van der Waals surface area contributed by atoms with Crippen LogP contribution in [0.15, 0.2) is 29.6 Å². The van der Waals surface area contributed by atoms with Crippen LogP contribution in [0, 0.1) is 5.82 Å². The summed E-state index contributed by atoms with van der Waals surface area (Å²) >= 11 is 1.25. The first-order valence-electron chi connectivity index (χ1n) is 8.96. The zero-order valence-corrected chi connectivity index (χ0v) is 16.1. The zero-order valence-electron chi connectivity index (χ0n) is 15.3. The van der Waals surface area contributed by atoms with Gasteiger partial charge in [0.05, 0.1) is 18.6 Å². The SMILES string of the molecule is CCOC(=O)c1c(C2CC2)csc1NC(=O)COC(=O)Cc1cccc(F)c1. The Morgan fingerprint density at radius 1 is 1.25 bits per heavy atom. The molecule has 1 aromatic heterocycles. The molecule has 0 saturated heterocycles. The summed E-state index contributed by atoms with van der Waals surface area (Å²) in [6.07, 6.45) is 1.88. The predicted molar refractivity (Wildman–Crippen MR) is 102 cm³/mol. The fourth-order valence-electron chi connectivity index (χ4n) is 2.75. The van der Waals surface area contributed by atoms with Gasteiger partial charge in [0.25, 0.3) is 5.91 Å². The Labute approximate surface area is 165 Å². The molecule has 1 aliphatic carbocycles. The highest BCUT2D eigenvalue weighted by Gasteiger charge is 2.32. The summed E-state index contributed by atoms with van der Waals surface area (Å²) in [6.45, 7) is 1.47. The van der Waals surface area contributed by atoms with E-state index in [0.717, 1.165) is 18.4 Å². The molecule has 3 rings (SSSR count). The maximum Gasteiger partial charge on any atom is 0.341 e. The van der Waals surface area contributed by atoms with E-state index in [2.05, 4.69) is 5.32 Å². The second kappa shape index (κ2) is 8.97. The van der Waals surface area contributed by atoms with E-state index in [1.54, 1.807) is 13.0 Å². The van der Waals surface area contributed by atoms with Gasteiger partial charge in [0.2, 0.25) is 0 Å². The molecule has 8 heteroatoms. The number of ether oxygens (including phenoxy) is 2. The number of anilines is 1. The van der Waals surface area contributed by atoms with Gasteiger partial charge in [-0.1, -0.05) is 12.1 Å². The minimum Gasteiger partial charge on any atom is -0.462 e. The van der Waals surface area contributed by atoms with Crippen molar-refractivity contribution < 1.29 is 28.2 Å². The quantitative estimate of drug-likeness (QED) is 0.678. The van der Waals surface area contributed by atoms with Crippen molar-refractivity contribution in [1.29, 1.82) is 0 Å². The normalized spacial score (nSPS) is 13.1. The van der Waals surface area contributed by atoms with Crippen molar-refractivity contribution in [3.8, 4) is 0 Å². The number of hydrogen-bond donors (Lipinski definition) is 1. The van der Waals surface area contributed by atoms with Crippen molar-refractivity contribution in [1.82, 2.24) is 0 Å². The van der Waals surface area contributed by atoms with E-state index in [1.807, 2.05) is 5.38 Å². The maximum absolute atomic E-state index is 13.1. The highest BCUT2D eigenvalue weighted by Crippen LogP contribution is 2.46. The van der Waals surface area contributed by atoms with Crippen molar-refractivity contribution >= 4 is 34.2 Å². The van der Waals surface area contributed by atoms with Gasteiger partial charge < -0.3 is 14.8 Å². The Morgan fingerprint density at radius 2 is 2.04 bits per heavy atom. The van der Waals surface area contributed by atoms with Gasteiger partial charge in [0.15, 0.2) is 6.61 Å². The maximum atomic E-state index is 13.1. The van der Waals surface area contributed by atoms with E-state index in [0.29, 0.717) is 22.0 Å². The predicted octanol–water partition coefficient (Wildman–Crippen LogP) is 3.67. The lowest BCUT2D eigenvalue weighted by atomic mass is 10.1. The molecule has 1 saturated carbocycles. The molecule has 6 nitrogen and oxygen atoms in total. The van der Waals surface area contributed by atoms with Crippen LogP contribution in [0.2, 0.25) is 0 Å². The molecule has 1 aliphatic rings. The first-order valence-corrected chi connectivity index (χ1v) is 9.84. The van der Waals surface area contributed by atoms with Crippen LogP contribution in [-0.4, -0.2) is 31.1 Å². The number of halogens is 1. The Bertz CT molecular complexity index is 890. The fourth-order valence-corrected chi connectivity index (χ4v) is 3.79. The van der Waals surface area contributed by atoms with E-state index < -0.39 is 30.3 Å². The van der Waals surface area contributed by atoms with Gasteiger partial charge in [-0.2, -0.15) is 0 Å². The third kappa shape index (κ3) is 5.16. The Kier molecular flexibility index (Phi) is 6.41. The molecular formula is C20H20FNO5S. The summed E-state index contributed by atoms with van der Waals surface area (Å²) in [5.41, 5.74) is 1.73. The molecule has 0 spiro atoms. The lowest BCUT2D eigenvalue weighted by Crippen LogP contribution is -2.22. The molecule has 1 fully saturated rings. The van der Waals surface area contributed by atoms with Gasteiger partial charge in [-0.15, -0.1) is 11.3 Å². The van der Waals surface area contributed by atoms with E-state index in [9.17, 15) is 18.8 Å². The average molecular weight is 405 g/mol. The number of amides is 1. The van der Waals surface area contributed by atoms with Gasteiger partial charge in [-0.3, -0.25) is 9.59 Å². The summed E-state index contributed by atoms with van der Waals surface area (Å²) < 4.78 is 23.2. The number of carbonyl (C=O) groups excluding carboxylic acids is 3. The molecule has 1 N–H and O–H groups in total. The number of carbonyl (C=O) groups is 3. The molecule has 0 bridgehead atoms. The lowest BCUT2D eigenvalue weighted by molar-refractivity contribution is -0.146. The molecule has 28 heavy (non-hydrogen) atoms. The summed E-state index contributed by atoms with van der Waals surface area (Å²) in [6, 6.07) is 5.61. The van der Waals surface area contributed by atoms with Crippen molar-refractivity contribution in [2.24, 2.45) is 0 Å². The standard InChI is InChI=1S/C20H20FNO5S/c1-2-26-20(25)18-15(13-6-7-13)11-28-19(18)22-16(23)10-27-17(24)9-12-4-3-5-14(21)8-12/h3-5,8,11,13H,2,6-7,9-10H2,1H3,(H,22,23). The summed E-state index contributed by atoms with van der Waals surface area (Å²) in [4.78, 5) is 36.3. The van der Waals surface area contributed by atoms with Crippen LogP contribution in [0.1, 0.15) is 47.2 Å². The molecule has 1 amide bonds. The molecule has 0 radical (unpaired) electrons. The number of esters is 2. The smallest absolute Gasteiger partial charge is 0.341 e. The van der Waals surface area contributed by atoms with Gasteiger partial charge in [0, 0.05) is 0 Å². The summed E-state index contributed by atoms with van der Waals surface area (Å²) in [5, 5.41) is 4.87. The second-order valence-electron chi connectivity index (χ2n) is 6.41. The number of benzene rings is 1. The third-order valence-corrected chi connectivity index (χ3v) is 5.08. The largest absolute Gasteiger partial charge is 0.462 e. The topological polar surface area (TPSA) is 81.7 Å². The molecule has 0 aliphatic heterocycles. The van der Waals surface area contributed by atoms with Gasteiger partial charge >= 0.3 is 11.9 Å². The molecule has 0 unspecified atom stereocenters. The summed E-state index contributed by atoms with van der Waals surface area (Å²) in [5.74, 6) is -1.79. The van der Waals surface area contributed by atoms with Crippen LogP contribution in [0.5, 0.6) is 0 Å². The molecule has 1 aromatic carbocycles. The molecule has 0 atom stereocenters. The summed E-state index contributed by atoms with van der Waals surface area (Å²) in [7, 11) is 0. The van der Waals surface area contributed by atoms with Crippen LogP contribution >= 0.6 is 11.3 Å². The minimum atomic E-state index is -0.642. The number of nitrogens with one attached hydrogen (secondary N) is 1. The van der Waals surface area contributed by atoms with E-state index in [1.165, 1.54) is 29.5 Å². The Balaban J connectivity index is 1.57. The second-order valence-corrected chi connectivity index (χ2v) is 7.29. The van der Waals surface area contributed by atoms with Crippen LogP contribution in [0.3, 0.4) is 0 Å². The van der Waals surface area contributed by atoms with Gasteiger partial charge in [0.1, 0.15) is 10.8 Å². The number of rotatable bonds is 8. The minimum absolute atomic E-state index is 0.135. The van der Waals surface area contributed by atoms with Crippen LogP contribution in [-0.2, 0) is 25.5 Å².